The van der Waals surface area contributed by atoms with Crippen LogP contribution in [0.25, 0.3) is 0 Å². The van der Waals surface area contributed by atoms with Crippen LogP contribution in [-0.4, -0.2) is 24.0 Å². The summed E-state index contributed by atoms with van der Waals surface area (Å²) in [5.41, 5.74) is 6.53. The molecule has 1 amide bonds. The quantitative estimate of drug-likeness (QED) is 0.908. The number of benzene rings is 1. The van der Waals surface area contributed by atoms with Gasteiger partial charge in [0.15, 0.2) is 5.90 Å². The molecule has 0 fully saturated rings. The van der Waals surface area contributed by atoms with Crippen LogP contribution in [0.4, 0.5) is 0 Å². The fourth-order valence-electron chi connectivity index (χ4n) is 2.77. The molecule has 2 N–H and O–H groups in total. The number of nitrogens with zero attached hydrogens (tertiary/aromatic N) is 1. The van der Waals surface area contributed by atoms with Gasteiger partial charge in [0.1, 0.15) is 6.10 Å². The van der Waals surface area contributed by atoms with Gasteiger partial charge in [-0.05, 0) is 24.3 Å². The Labute approximate surface area is 132 Å². The lowest BCUT2D eigenvalue weighted by Gasteiger charge is -2.29. The molecule has 0 bridgehead atoms. The van der Waals surface area contributed by atoms with Gasteiger partial charge in [-0.1, -0.05) is 51.1 Å². The molecular formula is C18H26N2O2. The molecular weight excluding hydrogens is 276 g/mol. The number of hydrogen-bond donors (Lipinski definition) is 1. The van der Waals surface area contributed by atoms with Gasteiger partial charge in [-0.3, -0.25) is 4.79 Å². The highest BCUT2D eigenvalue weighted by Gasteiger charge is 2.38. The van der Waals surface area contributed by atoms with Gasteiger partial charge in [-0.15, -0.1) is 0 Å². The fraction of sp³-hybridized carbons (Fsp3) is 0.556. The van der Waals surface area contributed by atoms with Gasteiger partial charge >= 0.3 is 0 Å². The van der Waals surface area contributed by atoms with Crippen LogP contribution in [-0.2, 0) is 16.0 Å². The lowest BCUT2D eigenvalue weighted by molar-refractivity contribution is -0.119. The maximum Gasteiger partial charge on any atom is 0.218 e. The van der Waals surface area contributed by atoms with E-state index in [4.69, 9.17) is 15.5 Å². The molecule has 0 saturated carbocycles. The number of rotatable bonds is 5. The molecule has 1 heterocycles. The first-order valence-electron chi connectivity index (χ1n) is 7.84. The van der Waals surface area contributed by atoms with E-state index in [0.717, 1.165) is 6.42 Å². The van der Waals surface area contributed by atoms with Crippen LogP contribution in [0.2, 0.25) is 0 Å². The predicted molar refractivity (Wildman–Crippen MR) is 88.7 cm³/mol. The van der Waals surface area contributed by atoms with E-state index < -0.39 is 0 Å². The summed E-state index contributed by atoms with van der Waals surface area (Å²) in [6, 6.07) is 10.4. The third kappa shape index (κ3) is 4.09. The van der Waals surface area contributed by atoms with E-state index in [1.165, 1.54) is 5.56 Å². The molecule has 0 aliphatic carbocycles. The zero-order valence-electron chi connectivity index (χ0n) is 13.9. The van der Waals surface area contributed by atoms with Gasteiger partial charge in [-0.2, -0.15) is 0 Å². The topological polar surface area (TPSA) is 64.7 Å². The second-order valence-corrected chi connectivity index (χ2v) is 7.14. The summed E-state index contributed by atoms with van der Waals surface area (Å²) in [6.07, 6.45) is 1.14. The monoisotopic (exact) mass is 302 g/mol. The minimum Gasteiger partial charge on any atom is -0.475 e. The van der Waals surface area contributed by atoms with E-state index in [0.29, 0.717) is 5.90 Å². The third-order valence-corrected chi connectivity index (χ3v) is 4.18. The molecule has 0 radical (unpaired) electrons. The number of carbonyl (C=O) groups is 1. The summed E-state index contributed by atoms with van der Waals surface area (Å²) < 4.78 is 5.98. The van der Waals surface area contributed by atoms with E-state index in [-0.39, 0.29) is 35.8 Å². The van der Waals surface area contributed by atoms with E-state index in [9.17, 15) is 4.79 Å². The molecule has 2 rings (SSSR count). The average Bonchev–Trinajstić information content (AvgIpc) is 2.77. The Bertz CT molecular complexity index is 546. The molecule has 0 aromatic heterocycles. The van der Waals surface area contributed by atoms with Crippen molar-refractivity contribution >= 4 is 11.8 Å². The van der Waals surface area contributed by atoms with Gasteiger partial charge in [0.2, 0.25) is 5.91 Å². The molecule has 0 spiro atoms. The molecule has 22 heavy (non-hydrogen) atoms. The molecule has 0 saturated heterocycles. The normalized spacial score (nSPS) is 22.8. The zero-order chi connectivity index (χ0) is 16.3. The first kappa shape index (κ1) is 16.5. The summed E-state index contributed by atoms with van der Waals surface area (Å²) in [5.74, 6) is 0.290. The Balaban J connectivity index is 2.17. The first-order valence-corrected chi connectivity index (χ1v) is 7.84. The number of primary amides is 1. The number of ether oxygens (including phenoxy) is 1. The Kier molecular flexibility index (Phi) is 4.89. The molecule has 4 heteroatoms. The summed E-state index contributed by atoms with van der Waals surface area (Å²) in [6.45, 7) is 8.29. The lowest BCUT2D eigenvalue weighted by Crippen LogP contribution is -2.33. The maximum absolute atomic E-state index is 11.4. The minimum atomic E-state index is -0.314. The molecule has 1 aromatic rings. The number of nitrogens with two attached hydrogens (primary N) is 1. The van der Waals surface area contributed by atoms with Crippen LogP contribution in [0.15, 0.2) is 35.3 Å². The van der Waals surface area contributed by atoms with E-state index in [2.05, 4.69) is 32.9 Å². The number of hydrogen-bond acceptors (Lipinski definition) is 3. The zero-order valence-corrected chi connectivity index (χ0v) is 13.9. The summed E-state index contributed by atoms with van der Waals surface area (Å²) in [4.78, 5) is 16.1. The largest absolute Gasteiger partial charge is 0.475 e. The third-order valence-electron chi connectivity index (χ3n) is 4.18. The van der Waals surface area contributed by atoms with Crippen molar-refractivity contribution in [3.05, 3.63) is 35.9 Å². The smallest absolute Gasteiger partial charge is 0.218 e. The van der Waals surface area contributed by atoms with E-state index in [1.54, 1.807) is 0 Å². The van der Waals surface area contributed by atoms with Crippen molar-refractivity contribution in [1.29, 1.82) is 0 Å². The number of aliphatic imine (C=N–C) groups is 1. The van der Waals surface area contributed by atoms with Crippen LogP contribution >= 0.6 is 0 Å². The molecule has 0 unspecified atom stereocenters. The highest BCUT2D eigenvalue weighted by atomic mass is 16.5. The predicted octanol–water partition coefficient (Wildman–Crippen LogP) is 2.95. The molecule has 1 aliphatic rings. The highest BCUT2D eigenvalue weighted by molar-refractivity contribution is 5.86. The second kappa shape index (κ2) is 6.51. The molecule has 4 nitrogen and oxygen atoms in total. The van der Waals surface area contributed by atoms with Gasteiger partial charge in [0, 0.05) is 12.3 Å². The Morgan fingerprint density at radius 1 is 1.32 bits per heavy atom. The highest BCUT2D eigenvalue weighted by Crippen LogP contribution is 2.34. The molecule has 3 atom stereocenters. The van der Waals surface area contributed by atoms with Crippen LogP contribution in [0.3, 0.4) is 0 Å². The van der Waals surface area contributed by atoms with Crippen molar-refractivity contribution in [3.8, 4) is 0 Å². The van der Waals surface area contributed by atoms with Gasteiger partial charge in [-0.25, -0.2) is 4.99 Å². The Morgan fingerprint density at radius 3 is 2.50 bits per heavy atom. The van der Waals surface area contributed by atoms with Gasteiger partial charge in [0.05, 0.1) is 6.04 Å². The standard InChI is InChI=1S/C18H26N2O2/c1-12-15(10-13-8-6-5-7-9-13)20-17(22-12)14(11-16(19)21)18(2,3)4/h5-9,12,14-15H,10-11H2,1-4H3,(H2,19,21)/t12-,14+,15-/m0/s1. The van der Waals surface area contributed by atoms with E-state index >= 15 is 0 Å². The summed E-state index contributed by atoms with van der Waals surface area (Å²) in [5, 5.41) is 0. The molecule has 1 aromatic carbocycles. The summed E-state index contributed by atoms with van der Waals surface area (Å²) >= 11 is 0. The van der Waals surface area contributed by atoms with Crippen molar-refractivity contribution in [2.75, 3.05) is 0 Å². The molecule has 120 valence electrons. The number of amides is 1. The van der Waals surface area contributed by atoms with Crippen LogP contribution in [0.5, 0.6) is 0 Å². The average molecular weight is 302 g/mol. The fourth-order valence-corrected chi connectivity index (χ4v) is 2.77. The van der Waals surface area contributed by atoms with Crippen LogP contribution in [0, 0.1) is 11.3 Å². The van der Waals surface area contributed by atoms with Crippen molar-refractivity contribution in [1.82, 2.24) is 0 Å². The van der Waals surface area contributed by atoms with Gasteiger partial charge in [0.25, 0.3) is 0 Å². The SMILES string of the molecule is C[C@@H]1OC([C@@H](CC(N)=O)C(C)(C)C)=N[C@H]1Cc1ccccc1. The van der Waals surface area contributed by atoms with Crippen molar-refractivity contribution in [2.24, 2.45) is 22.1 Å². The first-order chi connectivity index (χ1) is 10.3. The second-order valence-electron chi connectivity index (χ2n) is 7.14. The van der Waals surface area contributed by atoms with Crippen LogP contribution in [0.1, 0.15) is 39.7 Å². The van der Waals surface area contributed by atoms with Crippen LogP contribution < -0.4 is 5.73 Å². The van der Waals surface area contributed by atoms with Crippen molar-refractivity contribution in [2.45, 2.75) is 52.7 Å². The minimum absolute atomic E-state index is 0.0212. The maximum atomic E-state index is 11.4. The van der Waals surface area contributed by atoms with Crippen molar-refractivity contribution < 1.29 is 9.53 Å². The lowest BCUT2D eigenvalue weighted by atomic mass is 9.78. The Hall–Kier alpha value is -1.84. The molecule has 1 aliphatic heterocycles. The van der Waals surface area contributed by atoms with Gasteiger partial charge < -0.3 is 10.5 Å². The van der Waals surface area contributed by atoms with E-state index in [1.807, 2.05) is 25.1 Å². The number of carbonyl (C=O) groups excluding carboxylic acids is 1. The summed E-state index contributed by atoms with van der Waals surface area (Å²) in [7, 11) is 0. The van der Waals surface area contributed by atoms with Crippen molar-refractivity contribution in [3.63, 3.8) is 0 Å². The Morgan fingerprint density at radius 2 is 1.95 bits per heavy atom.